The van der Waals surface area contributed by atoms with E-state index in [1.54, 1.807) is 6.20 Å². The van der Waals surface area contributed by atoms with Crippen LogP contribution < -0.4 is 11.3 Å². The van der Waals surface area contributed by atoms with Gasteiger partial charge in [-0.05, 0) is 18.1 Å². The Bertz CT molecular complexity index is 612. The van der Waals surface area contributed by atoms with E-state index in [4.69, 9.17) is 10.6 Å². The fourth-order valence-corrected chi connectivity index (χ4v) is 2.40. The molecule has 0 aromatic carbocycles. The van der Waals surface area contributed by atoms with E-state index in [0.717, 1.165) is 35.2 Å². The number of hydrogen-bond donors (Lipinski definition) is 2. The zero-order valence-corrected chi connectivity index (χ0v) is 11.4. The van der Waals surface area contributed by atoms with Crippen LogP contribution >= 0.6 is 0 Å². The van der Waals surface area contributed by atoms with Crippen molar-refractivity contribution in [2.75, 3.05) is 12.0 Å². The Hall–Kier alpha value is -2.05. The highest BCUT2D eigenvalue weighted by Gasteiger charge is 2.19. The van der Waals surface area contributed by atoms with Gasteiger partial charge in [-0.25, -0.2) is 15.8 Å². The van der Waals surface area contributed by atoms with E-state index < -0.39 is 0 Å². The van der Waals surface area contributed by atoms with Gasteiger partial charge in [0.25, 0.3) is 0 Å². The molecule has 0 bridgehead atoms. The number of nitrogens with one attached hydrogen (secondary N) is 1. The van der Waals surface area contributed by atoms with E-state index >= 15 is 0 Å². The van der Waals surface area contributed by atoms with Crippen molar-refractivity contribution in [3.63, 3.8) is 0 Å². The molecule has 20 heavy (non-hydrogen) atoms. The van der Waals surface area contributed by atoms with E-state index in [9.17, 15) is 0 Å². The Kier molecular flexibility index (Phi) is 3.58. The maximum absolute atomic E-state index is 5.58. The summed E-state index contributed by atoms with van der Waals surface area (Å²) >= 11 is 0. The Morgan fingerprint density at radius 3 is 3.10 bits per heavy atom. The van der Waals surface area contributed by atoms with E-state index in [0.29, 0.717) is 24.9 Å². The van der Waals surface area contributed by atoms with Crippen molar-refractivity contribution in [2.45, 2.75) is 26.4 Å². The predicted molar refractivity (Wildman–Crippen MR) is 75.8 cm³/mol. The smallest absolute Gasteiger partial charge is 0.162 e. The van der Waals surface area contributed by atoms with Crippen molar-refractivity contribution < 1.29 is 4.74 Å². The number of ether oxygens (including phenoxy) is 1. The number of nitrogen functional groups attached to an aromatic ring is 1. The SMILES string of the molecule is CCc1cnccc1-c1nc2c(c(NN)n1)COCC2. The molecule has 0 saturated carbocycles. The van der Waals surface area contributed by atoms with E-state index in [-0.39, 0.29) is 0 Å². The second-order valence-electron chi connectivity index (χ2n) is 4.65. The maximum Gasteiger partial charge on any atom is 0.162 e. The number of hydrazine groups is 1. The van der Waals surface area contributed by atoms with Crippen molar-refractivity contribution in [1.82, 2.24) is 15.0 Å². The fourth-order valence-electron chi connectivity index (χ4n) is 2.40. The minimum Gasteiger partial charge on any atom is -0.376 e. The quantitative estimate of drug-likeness (QED) is 0.649. The number of hydrogen-bond acceptors (Lipinski definition) is 6. The summed E-state index contributed by atoms with van der Waals surface area (Å²) in [6.07, 6.45) is 5.29. The van der Waals surface area contributed by atoms with Gasteiger partial charge in [0.1, 0.15) is 5.82 Å². The molecule has 0 saturated heterocycles. The van der Waals surface area contributed by atoms with Gasteiger partial charge < -0.3 is 10.2 Å². The molecule has 6 heteroatoms. The van der Waals surface area contributed by atoms with Crippen LogP contribution in [0, 0.1) is 0 Å². The normalized spacial score (nSPS) is 13.9. The number of fused-ring (bicyclic) bond motifs is 1. The minimum atomic E-state index is 0.506. The van der Waals surface area contributed by atoms with Crippen LogP contribution in [0.2, 0.25) is 0 Å². The molecule has 104 valence electrons. The Labute approximate surface area is 117 Å². The van der Waals surface area contributed by atoms with Crippen LogP contribution in [-0.2, 0) is 24.2 Å². The molecule has 6 nitrogen and oxygen atoms in total. The van der Waals surface area contributed by atoms with E-state index in [1.807, 2.05) is 12.3 Å². The molecule has 3 N–H and O–H groups in total. The third kappa shape index (κ3) is 2.23. The molecule has 1 aliphatic rings. The van der Waals surface area contributed by atoms with Gasteiger partial charge in [0.2, 0.25) is 0 Å². The first-order valence-corrected chi connectivity index (χ1v) is 6.71. The molecular formula is C14H17N5O. The van der Waals surface area contributed by atoms with Crippen molar-refractivity contribution >= 4 is 5.82 Å². The van der Waals surface area contributed by atoms with Crippen LogP contribution in [0.5, 0.6) is 0 Å². The van der Waals surface area contributed by atoms with Crippen LogP contribution in [0.15, 0.2) is 18.5 Å². The molecular weight excluding hydrogens is 254 g/mol. The Morgan fingerprint density at radius 2 is 2.30 bits per heavy atom. The molecule has 0 fully saturated rings. The molecule has 0 unspecified atom stereocenters. The standard InChI is InChI=1S/C14H17N5O/c1-2-9-7-16-5-3-10(9)13-17-12-4-6-20-8-11(12)14(18-13)19-15/h3,5,7H,2,4,6,8,15H2,1H3,(H,17,18,19). The predicted octanol–water partition coefficient (Wildman–Crippen LogP) is 1.46. The summed E-state index contributed by atoms with van der Waals surface area (Å²) in [6.45, 7) is 3.28. The molecule has 0 radical (unpaired) electrons. The van der Waals surface area contributed by atoms with E-state index in [1.165, 1.54) is 0 Å². The number of aryl methyl sites for hydroxylation is 1. The average molecular weight is 271 g/mol. The number of nitrogens with zero attached hydrogens (tertiary/aromatic N) is 3. The lowest BCUT2D eigenvalue weighted by Gasteiger charge is -2.19. The molecule has 0 amide bonds. The third-order valence-corrected chi connectivity index (χ3v) is 3.48. The van der Waals surface area contributed by atoms with Gasteiger partial charge in [-0.3, -0.25) is 4.98 Å². The van der Waals surface area contributed by atoms with Gasteiger partial charge in [0.05, 0.1) is 18.9 Å². The average Bonchev–Trinajstić information content (AvgIpc) is 2.53. The lowest BCUT2D eigenvalue weighted by Crippen LogP contribution is -2.19. The van der Waals surface area contributed by atoms with Gasteiger partial charge in [0.15, 0.2) is 5.82 Å². The minimum absolute atomic E-state index is 0.506. The topological polar surface area (TPSA) is 86.0 Å². The van der Waals surface area contributed by atoms with Crippen LogP contribution in [0.1, 0.15) is 23.7 Å². The largest absolute Gasteiger partial charge is 0.376 e. The maximum atomic E-state index is 5.58. The summed E-state index contributed by atoms with van der Waals surface area (Å²) in [4.78, 5) is 13.4. The summed E-state index contributed by atoms with van der Waals surface area (Å²) in [6, 6.07) is 1.94. The van der Waals surface area contributed by atoms with Gasteiger partial charge in [-0.2, -0.15) is 0 Å². The number of pyridine rings is 1. The van der Waals surface area contributed by atoms with Crippen molar-refractivity contribution in [3.8, 4) is 11.4 Å². The number of aromatic nitrogens is 3. The second-order valence-corrected chi connectivity index (χ2v) is 4.65. The summed E-state index contributed by atoms with van der Waals surface area (Å²) in [7, 11) is 0. The Morgan fingerprint density at radius 1 is 1.40 bits per heavy atom. The highest BCUT2D eigenvalue weighted by molar-refractivity contribution is 5.63. The molecule has 2 aromatic heterocycles. The number of rotatable bonds is 3. The monoisotopic (exact) mass is 271 g/mol. The van der Waals surface area contributed by atoms with Crippen LogP contribution in [0.25, 0.3) is 11.4 Å². The lowest BCUT2D eigenvalue weighted by molar-refractivity contribution is 0.109. The zero-order chi connectivity index (χ0) is 13.9. The third-order valence-electron chi connectivity index (χ3n) is 3.48. The fraction of sp³-hybridized carbons (Fsp3) is 0.357. The number of nitrogens with two attached hydrogens (primary N) is 1. The molecule has 0 atom stereocenters. The summed E-state index contributed by atoms with van der Waals surface area (Å²) in [5.41, 5.74) is 6.75. The lowest BCUT2D eigenvalue weighted by atomic mass is 10.1. The molecule has 3 rings (SSSR count). The highest BCUT2D eigenvalue weighted by atomic mass is 16.5. The van der Waals surface area contributed by atoms with Gasteiger partial charge in [0, 0.05) is 29.9 Å². The van der Waals surface area contributed by atoms with Gasteiger partial charge in [-0.15, -0.1) is 0 Å². The molecule has 3 heterocycles. The number of anilines is 1. The van der Waals surface area contributed by atoms with Gasteiger partial charge in [-0.1, -0.05) is 6.92 Å². The molecule has 0 aliphatic carbocycles. The van der Waals surface area contributed by atoms with Crippen LogP contribution in [-0.4, -0.2) is 21.6 Å². The summed E-state index contributed by atoms with van der Waals surface area (Å²) in [5.74, 6) is 6.92. The van der Waals surface area contributed by atoms with Crippen LogP contribution in [0.4, 0.5) is 5.82 Å². The summed E-state index contributed by atoms with van der Waals surface area (Å²) < 4.78 is 5.44. The van der Waals surface area contributed by atoms with Crippen LogP contribution in [0.3, 0.4) is 0 Å². The molecule has 0 spiro atoms. The van der Waals surface area contributed by atoms with Crippen molar-refractivity contribution in [3.05, 3.63) is 35.3 Å². The second kappa shape index (κ2) is 5.52. The molecule has 2 aromatic rings. The van der Waals surface area contributed by atoms with Gasteiger partial charge >= 0.3 is 0 Å². The van der Waals surface area contributed by atoms with E-state index in [2.05, 4.69) is 27.3 Å². The van der Waals surface area contributed by atoms with Crippen molar-refractivity contribution in [1.29, 1.82) is 0 Å². The first-order chi connectivity index (χ1) is 9.83. The highest BCUT2D eigenvalue weighted by Crippen LogP contribution is 2.27. The first kappa shape index (κ1) is 13.0. The first-order valence-electron chi connectivity index (χ1n) is 6.71. The summed E-state index contributed by atoms with van der Waals surface area (Å²) in [5, 5.41) is 0. The Balaban J connectivity index is 2.14. The molecule has 1 aliphatic heterocycles. The zero-order valence-electron chi connectivity index (χ0n) is 11.4. The van der Waals surface area contributed by atoms with Crippen molar-refractivity contribution in [2.24, 2.45) is 5.84 Å².